The Morgan fingerprint density at radius 1 is 1.50 bits per heavy atom. The van der Waals surface area contributed by atoms with E-state index in [1.165, 1.54) is 6.07 Å². The molecular formula is C7H2Cl2F2N2O2S. The number of aromatic nitrogens is 1. The second kappa shape index (κ2) is 4.49. The molecule has 1 heterocycles. The van der Waals surface area contributed by atoms with E-state index in [0.29, 0.717) is 6.20 Å². The van der Waals surface area contributed by atoms with Crippen LogP contribution < -0.4 is 0 Å². The minimum atomic E-state index is -4.47. The second-order valence-corrected chi connectivity index (χ2v) is 5.44. The summed E-state index contributed by atoms with van der Waals surface area (Å²) in [6.45, 7) is 0. The van der Waals surface area contributed by atoms with Gasteiger partial charge in [-0.3, -0.25) is 0 Å². The summed E-state index contributed by atoms with van der Waals surface area (Å²) in [5.41, 5.74) is -1.41. The molecular weight excluding hydrogens is 285 g/mol. The van der Waals surface area contributed by atoms with Crippen LogP contribution in [0.3, 0.4) is 0 Å². The Morgan fingerprint density at radius 2 is 2.06 bits per heavy atom. The van der Waals surface area contributed by atoms with Crippen LogP contribution in [0.15, 0.2) is 11.1 Å². The van der Waals surface area contributed by atoms with Crippen LogP contribution in [-0.4, -0.2) is 13.4 Å². The second-order valence-electron chi connectivity index (χ2n) is 2.56. The van der Waals surface area contributed by atoms with E-state index in [0.717, 1.165) is 0 Å². The summed E-state index contributed by atoms with van der Waals surface area (Å²) in [4.78, 5) is 2.32. The summed E-state index contributed by atoms with van der Waals surface area (Å²) >= 11 is 5.46. The van der Waals surface area contributed by atoms with Gasteiger partial charge >= 0.3 is 0 Å². The summed E-state index contributed by atoms with van der Waals surface area (Å²) in [6, 6.07) is 1.46. The lowest BCUT2D eigenvalue weighted by Crippen LogP contribution is -2.03. The van der Waals surface area contributed by atoms with Crippen molar-refractivity contribution in [3.05, 3.63) is 22.5 Å². The first-order valence-corrected chi connectivity index (χ1v) is 6.29. The van der Waals surface area contributed by atoms with Crippen LogP contribution in [0, 0.1) is 11.3 Å². The molecule has 9 heteroatoms. The lowest BCUT2D eigenvalue weighted by molar-refractivity contribution is 0.147. The normalized spacial score (nSPS) is 11.5. The van der Waals surface area contributed by atoms with Crippen LogP contribution in [0.4, 0.5) is 8.78 Å². The lowest BCUT2D eigenvalue weighted by Gasteiger charge is -2.07. The fourth-order valence-corrected chi connectivity index (χ4v) is 2.82. The average molecular weight is 287 g/mol. The third-order valence-corrected chi connectivity index (χ3v) is 3.46. The van der Waals surface area contributed by atoms with Gasteiger partial charge in [-0.15, -0.1) is 0 Å². The van der Waals surface area contributed by atoms with E-state index in [2.05, 4.69) is 4.98 Å². The van der Waals surface area contributed by atoms with Gasteiger partial charge in [0.25, 0.3) is 15.5 Å². The maximum Gasteiger partial charge on any atom is 0.266 e. The maximum absolute atomic E-state index is 12.5. The standard InChI is InChI=1S/C7H2Cl2F2N2O2S/c8-5-4(1-12)13-2-3(7(10)11)6(5)16(9,14)15/h2,7H. The third kappa shape index (κ3) is 2.40. The molecule has 0 spiro atoms. The number of halogens is 4. The maximum atomic E-state index is 12.5. The molecule has 0 aliphatic rings. The van der Waals surface area contributed by atoms with E-state index >= 15 is 0 Å². The average Bonchev–Trinajstić information content (AvgIpc) is 2.14. The molecule has 16 heavy (non-hydrogen) atoms. The largest absolute Gasteiger partial charge is 0.266 e. The summed E-state index contributed by atoms with van der Waals surface area (Å²) in [6.07, 6.45) is -2.55. The molecule has 1 aromatic heterocycles. The fraction of sp³-hybridized carbons (Fsp3) is 0.143. The van der Waals surface area contributed by atoms with Gasteiger partial charge in [0.05, 0.1) is 10.6 Å². The Balaban J connectivity index is 3.72. The van der Waals surface area contributed by atoms with Crippen LogP contribution in [0.5, 0.6) is 0 Å². The van der Waals surface area contributed by atoms with E-state index in [1.807, 2.05) is 0 Å². The number of nitrogens with zero attached hydrogens (tertiary/aromatic N) is 2. The molecule has 1 rings (SSSR count). The highest BCUT2D eigenvalue weighted by Crippen LogP contribution is 2.34. The van der Waals surface area contributed by atoms with Crippen LogP contribution in [0.25, 0.3) is 0 Å². The van der Waals surface area contributed by atoms with Crippen molar-refractivity contribution in [2.75, 3.05) is 0 Å². The first-order valence-electron chi connectivity index (χ1n) is 3.60. The summed E-state index contributed by atoms with van der Waals surface area (Å²) in [5, 5.41) is 7.82. The molecule has 0 bridgehead atoms. The Labute approximate surface area is 98.8 Å². The van der Waals surface area contributed by atoms with Crippen LogP contribution >= 0.6 is 22.3 Å². The van der Waals surface area contributed by atoms with E-state index in [9.17, 15) is 17.2 Å². The van der Waals surface area contributed by atoms with E-state index in [1.54, 1.807) is 0 Å². The fourth-order valence-electron chi connectivity index (χ4n) is 0.965. The minimum absolute atomic E-state index is 0.481. The molecule has 0 saturated carbocycles. The van der Waals surface area contributed by atoms with Gasteiger partial charge in [-0.05, 0) is 0 Å². The molecule has 1 aromatic rings. The first-order chi connectivity index (χ1) is 7.29. The molecule has 0 amide bonds. The first kappa shape index (κ1) is 13.1. The molecule has 4 nitrogen and oxygen atoms in total. The number of alkyl halides is 2. The highest BCUT2D eigenvalue weighted by atomic mass is 35.7. The van der Waals surface area contributed by atoms with Crippen molar-refractivity contribution in [3.8, 4) is 6.07 Å². The Morgan fingerprint density at radius 3 is 2.44 bits per heavy atom. The highest BCUT2D eigenvalue weighted by molar-refractivity contribution is 8.13. The molecule has 0 unspecified atom stereocenters. The molecule has 0 saturated heterocycles. The van der Waals surface area contributed by atoms with Crippen molar-refractivity contribution < 1.29 is 17.2 Å². The number of nitriles is 1. The zero-order valence-electron chi connectivity index (χ0n) is 7.29. The molecule has 86 valence electrons. The Kier molecular flexibility index (Phi) is 3.68. The van der Waals surface area contributed by atoms with Gasteiger partial charge in [-0.1, -0.05) is 11.6 Å². The predicted octanol–water partition coefficient (Wildman–Crippen LogP) is 2.47. The lowest BCUT2D eigenvalue weighted by atomic mass is 10.2. The highest BCUT2D eigenvalue weighted by Gasteiger charge is 2.27. The number of hydrogen-bond donors (Lipinski definition) is 0. The molecule has 0 aliphatic heterocycles. The van der Waals surface area contributed by atoms with Crippen LogP contribution in [0.2, 0.25) is 5.02 Å². The minimum Gasteiger partial charge on any atom is -0.243 e. The monoisotopic (exact) mass is 286 g/mol. The quantitative estimate of drug-likeness (QED) is 0.783. The van der Waals surface area contributed by atoms with Crippen LogP contribution in [0.1, 0.15) is 17.7 Å². The summed E-state index contributed by atoms with van der Waals surface area (Å²) in [7, 11) is 0.487. The Bertz CT molecular complexity index is 568. The van der Waals surface area contributed by atoms with Crippen molar-refractivity contribution in [2.24, 2.45) is 0 Å². The zero-order chi connectivity index (χ0) is 12.5. The van der Waals surface area contributed by atoms with Gasteiger partial charge in [-0.25, -0.2) is 22.2 Å². The van der Waals surface area contributed by atoms with Crippen molar-refractivity contribution in [3.63, 3.8) is 0 Å². The van der Waals surface area contributed by atoms with Crippen molar-refractivity contribution in [1.82, 2.24) is 4.98 Å². The van der Waals surface area contributed by atoms with Gasteiger partial charge < -0.3 is 0 Å². The Hall–Kier alpha value is -0.970. The number of rotatable bonds is 2. The molecule has 0 fully saturated rings. The van der Waals surface area contributed by atoms with Crippen molar-refractivity contribution >= 4 is 31.3 Å². The molecule has 0 radical (unpaired) electrons. The van der Waals surface area contributed by atoms with Gasteiger partial charge in [0.1, 0.15) is 11.0 Å². The number of hydrogen-bond acceptors (Lipinski definition) is 4. The zero-order valence-corrected chi connectivity index (χ0v) is 9.61. The van der Waals surface area contributed by atoms with Crippen LogP contribution in [-0.2, 0) is 9.05 Å². The molecule has 0 aromatic carbocycles. The van der Waals surface area contributed by atoms with E-state index < -0.39 is 36.7 Å². The van der Waals surface area contributed by atoms with E-state index in [-0.39, 0.29) is 0 Å². The number of pyridine rings is 1. The third-order valence-electron chi connectivity index (χ3n) is 1.59. The molecule has 0 aliphatic carbocycles. The van der Waals surface area contributed by atoms with Gasteiger partial charge in [-0.2, -0.15) is 5.26 Å². The smallest absolute Gasteiger partial charge is 0.243 e. The molecule has 0 N–H and O–H groups in total. The predicted molar refractivity (Wildman–Crippen MR) is 52.0 cm³/mol. The van der Waals surface area contributed by atoms with Crippen molar-refractivity contribution in [1.29, 1.82) is 5.26 Å². The van der Waals surface area contributed by atoms with E-state index in [4.69, 9.17) is 27.5 Å². The topological polar surface area (TPSA) is 70.8 Å². The van der Waals surface area contributed by atoms with Gasteiger partial charge in [0.2, 0.25) is 0 Å². The van der Waals surface area contributed by atoms with Gasteiger partial charge in [0, 0.05) is 16.9 Å². The van der Waals surface area contributed by atoms with Gasteiger partial charge in [0.15, 0.2) is 5.69 Å². The summed E-state index contributed by atoms with van der Waals surface area (Å²) in [5.74, 6) is 0. The SMILES string of the molecule is N#Cc1ncc(C(F)F)c(S(=O)(=O)Cl)c1Cl. The molecule has 0 atom stereocenters. The summed E-state index contributed by atoms with van der Waals surface area (Å²) < 4.78 is 47.1. The van der Waals surface area contributed by atoms with Crippen molar-refractivity contribution in [2.45, 2.75) is 11.3 Å².